The van der Waals surface area contributed by atoms with Crippen molar-refractivity contribution in [1.29, 1.82) is 0 Å². The highest BCUT2D eigenvalue weighted by atomic mass is 19.1. The molecule has 6 heterocycles. The molecule has 3 fully saturated rings. The van der Waals surface area contributed by atoms with E-state index in [-0.39, 0.29) is 40.2 Å². The largest absolute Gasteiger partial charge is 0.381 e. The Morgan fingerprint density at radius 1 is 1.08 bits per heavy atom. The Kier molecular flexibility index (Phi) is 5.86. The first-order valence-electron chi connectivity index (χ1n) is 12.4. The number of carbonyl (C=O) groups excluding carboxylic acids is 2. The van der Waals surface area contributed by atoms with E-state index in [0.717, 1.165) is 49.3 Å². The number of fused-ring (bicyclic) bond motifs is 2. The van der Waals surface area contributed by atoms with Crippen LogP contribution in [0.15, 0.2) is 24.8 Å². The maximum absolute atomic E-state index is 15.0. The van der Waals surface area contributed by atoms with E-state index in [1.54, 1.807) is 0 Å². The Balaban J connectivity index is 1.17. The van der Waals surface area contributed by atoms with Crippen molar-refractivity contribution < 1.29 is 18.4 Å². The van der Waals surface area contributed by atoms with Crippen LogP contribution < -0.4 is 21.3 Å². The second kappa shape index (κ2) is 9.21. The third-order valence-electron chi connectivity index (χ3n) is 7.68. The lowest BCUT2D eigenvalue weighted by atomic mass is 9.94. The summed E-state index contributed by atoms with van der Waals surface area (Å²) in [5.41, 5.74) is 6.28. The average molecular weight is 512 g/mol. The number of hydrogen-bond donors (Lipinski definition) is 3. The molecule has 194 valence electrons. The molecule has 3 saturated heterocycles. The predicted octanol–water partition coefficient (Wildman–Crippen LogP) is 1.13. The number of nitrogens with zero attached hydrogens (tertiary/aromatic N) is 6. The van der Waals surface area contributed by atoms with Crippen LogP contribution in [0.1, 0.15) is 23.2 Å². The minimum Gasteiger partial charge on any atom is -0.381 e. The van der Waals surface area contributed by atoms with Crippen molar-refractivity contribution in [3.63, 3.8) is 0 Å². The van der Waals surface area contributed by atoms with E-state index in [1.165, 1.54) is 6.20 Å². The summed E-state index contributed by atoms with van der Waals surface area (Å²) in [7, 11) is 0. The fourth-order valence-electron chi connectivity index (χ4n) is 5.82. The zero-order valence-corrected chi connectivity index (χ0v) is 20.0. The van der Waals surface area contributed by atoms with Gasteiger partial charge in [-0.05, 0) is 24.7 Å². The average Bonchev–Trinajstić information content (AvgIpc) is 3.56. The van der Waals surface area contributed by atoms with Crippen molar-refractivity contribution in [2.24, 2.45) is 17.8 Å². The SMILES string of the molecule is Nc1nn2cc(F)cnc2c1C(=O)Nc1cncc(F)c1N1CCC(C(=O)N2CC3CNCC3C2)CC1. The number of carbonyl (C=O) groups is 2. The number of likely N-dealkylation sites (tertiary alicyclic amines) is 1. The van der Waals surface area contributed by atoms with Crippen molar-refractivity contribution in [2.75, 3.05) is 55.2 Å². The van der Waals surface area contributed by atoms with Gasteiger partial charge in [0.25, 0.3) is 5.91 Å². The minimum absolute atomic E-state index is 0.0508. The molecule has 2 amide bonds. The van der Waals surface area contributed by atoms with Gasteiger partial charge in [-0.3, -0.25) is 14.6 Å². The number of pyridine rings is 1. The fourth-order valence-corrected chi connectivity index (χ4v) is 5.82. The zero-order valence-electron chi connectivity index (χ0n) is 20.0. The number of nitrogen functional groups attached to an aromatic ring is 1. The number of rotatable bonds is 4. The summed E-state index contributed by atoms with van der Waals surface area (Å²) in [5, 5.41) is 9.99. The molecular formula is C24H27F2N9O2. The van der Waals surface area contributed by atoms with E-state index in [4.69, 9.17) is 5.73 Å². The summed E-state index contributed by atoms with van der Waals surface area (Å²) in [6.45, 7) is 4.47. The maximum Gasteiger partial charge on any atom is 0.263 e. The van der Waals surface area contributed by atoms with Crippen molar-refractivity contribution in [1.82, 2.24) is 29.8 Å². The third-order valence-corrected chi connectivity index (χ3v) is 7.68. The third kappa shape index (κ3) is 4.22. The molecule has 6 rings (SSSR count). The molecule has 2 atom stereocenters. The number of halogens is 2. The van der Waals surface area contributed by atoms with Gasteiger partial charge in [-0.25, -0.2) is 18.3 Å². The number of anilines is 3. The second-order valence-corrected chi connectivity index (χ2v) is 9.96. The highest BCUT2D eigenvalue weighted by molar-refractivity contribution is 6.12. The topological polar surface area (TPSA) is 134 Å². The van der Waals surface area contributed by atoms with Crippen LogP contribution in [-0.4, -0.2) is 75.6 Å². The van der Waals surface area contributed by atoms with Crippen LogP contribution in [0.3, 0.4) is 0 Å². The molecule has 3 aliphatic heterocycles. The first kappa shape index (κ1) is 23.5. The standard InChI is InChI=1S/C24H27F2N9O2/c25-16-7-30-22-19(21(27)32-35(22)12-16)23(36)31-18-9-29-8-17(26)20(18)33-3-1-13(2-4-33)24(37)34-10-14-5-28-6-15(14)11-34/h7-9,12-15,28H,1-6,10-11H2,(H2,27,32)(H,31,36). The molecule has 3 aromatic heterocycles. The van der Waals surface area contributed by atoms with Crippen molar-refractivity contribution in [3.05, 3.63) is 42.0 Å². The summed E-state index contributed by atoms with van der Waals surface area (Å²) < 4.78 is 29.6. The number of nitrogens with one attached hydrogen (secondary N) is 2. The maximum atomic E-state index is 15.0. The lowest BCUT2D eigenvalue weighted by Gasteiger charge is -2.35. The van der Waals surface area contributed by atoms with Gasteiger partial charge in [-0.2, -0.15) is 0 Å². The van der Waals surface area contributed by atoms with Crippen molar-refractivity contribution in [2.45, 2.75) is 12.8 Å². The van der Waals surface area contributed by atoms with Gasteiger partial charge >= 0.3 is 0 Å². The van der Waals surface area contributed by atoms with Crippen LogP contribution >= 0.6 is 0 Å². The lowest BCUT2D eigenvalue weighted by molar-refractivity contribution is -0.135. The number of nitrogens with two attached hydrogens (primary N) is 1. The van der Waals surface area contributed by atoms with Gasteiger partial charge < -0.3 is 26.2 Å². The molecule has 0 aliphatic carbocycles. The summed E-state index contributed by atoms with van der Waals surface area (Å²) >= 11 is 0. The van der Waals surface area contributed by atoms with E-state index in [9.17, 15) is 14.0 Å². The van der Waals surface area contributed by atoms with Crippen LogP contribution in [0.5, 0.6) is 0 Å². The molecule has 2 unspecified atom stereocenters. The first-order chi connectivity index (χ1) is 17.9. The zero-order chi connectivity index (χ0) is 25.7. The first-order valence-corrected chi connectivity index (χ1v) is 12.4. The predicted molar refractivity (Wildman–Crippen MR) is 131 cm³/mol. The molecule has 11 nitrogen and oxygen atoms in total. The van der Waals surface area contributed by atoms with Gasteiger partial charge in [-0.15, -0.1) is 5.10 Å². The summed E-state index contributed by atoms with van der Waals surface area (Å²) in [4.78, 5) is 37.9. The summed E-state index contributed by atoms with van der Waals surface area (Å²) in [6, 6.07) is 0. The van der Waals surface area contributed by atoms with E-state index < -0.39 is 17.5 Å². The van der Waals surface area contributed by atoms with Crippen LogP contribution in [0.4, 0.5) is 26.0 Å². The number of amides is 2. The second-order valence-electron chi connectivity index (χ2n) is 9.96. The molecule has 0 aromatic carbocycles. The quantitative estimate of drug-likeness (QED) is 0.475. The van der Waals surface area contributed by atoms with Crippen molar-refractivity contribution >= 4 is 34.7 Å². The Morgan fingerprint density at radius 3 is 2.54 bits per heavy atom. The molecule has 0 saturated carbocycles. The Labute approximate surface area is 211 Å². The molecule has 37 heavy (non-hydrogen) atoms. The van der Waals surface area contributed by atoms with E-state index in [2.05, 4.69) is 25.7 Å². The normalized spacial score (nSPS) is 22.0. The number of aromatic nitrogens is 4. The summed E-state index contributed by atoms with van der Waals surface area (Å²) in [6.07, 6.45) is 5.65. The van der Waals surface area contributed by atoms with Crippen LogP contribution in [0.25, 0.3) is 5.65 Å². The van der Waals surface area contributed by atoms with Crippen LogP contribution in [0.2, 0.25) is 0 Å². The molecule has 0 radical (unpaired) electrons. The Morgan fingerprint density at radius 2 is 1.81 bits per heavy atom. The van der Waals surface area contributed by atoms with Gasteiger partial charge in [0, 0.05) is 45.2 Å². The molecule has 4 N–H and O–H groups in total. The Bertz CT molecular complexity index is 1360. The highest BCUT2D eigenvalue weighted by Crippen LogP contribution is 2.34. The van der Waals surface area contributed by atoms with Gasteiger partial charge in [0.15, 0.2) is 23.1 Å². The fraction of sp³-hybridized carbons (Fsp3) is 0.458. The van der Waals surface area contributed by atoms with Crippen LogP contribution in [0, 0.1) is 29.4 Å². The Hall–Kier alpha value is -3.87. The number of piperidine rings is 1. The van der Waals surface area contributed by atoms with Crippen LogP contribution in [-0.2, 0) is 4.79 Å². The molecule has 13 heteroatoms. The molecule has 3 aliphatic rings. The molecule has 3 aromatic rings. The van der Waals surface area contributed by atoms with Gasteiger partial charge in [0.05, 0.1) is 30.5 Å². The summed E-state index contributed by atoms with van der Waals surface area (Å²) in [5.74, 6) is -0.862. The van der Waals surface area contributed by atoms with Gasteiger partial charge in [-0.1, -0.05) is 0 Å². The van der Waals surface area contributed by atoms with E-state index in [1.807, 2.05) is 9.80 Å². The van der Waals surface area contributed by atoms with Crippen molar-refractivity contribution in [3.8, 4) is 0 Å². The number of hydrogen-bond acceptors (Lipinski definition) is 8. The highest BCUT2D eigenvalue weighted by Gasteiger charge is 2.40. The molecule has 0 spiro atoms. The van der Waals surface area contributed by atoms with E-state index >= 15 is 4.39 Å². The monoisotopic (exact) mass is 511 g/mol. The van der Waals surface area contributed by atoms with Gasteiger partial charge in [0.2, 0.25) is 5.91 Å². The molecule has 0 bridgehead atoms. The minimum atomic E-state index is -0.667. The van der Waals surface area contributed by atoms with Gasteiger partial charge in [0.1, 0.15) is 11.3 Å². The molecular weight excluding hydrogens is 484 g/mol. The van der Waals surface area contributed by atoms with E-state index in [0.29, 0.717) is 37.8 Å². The smallest absolute Gasteiger partial charge is 0.263 e. The lowest BCUT2D eigenvalue weighted by Crippen LogP contribution is -2.43.